The van der Waals surface area contributed by atoms with E-state index in [1.807, 2.05) is 27.7 Å². The predicted molar refractivity (Wildman–Crippen MR) is 114 cm³/mol. The molecule has 1 N–H and O–H groups in total. The van der Waals surface area contributed by atoms with Crippen LogP contribution in [0.5, 0.6) is 0 Å². The largest absolute Gasteiger partial charge is 0.368 e. The SMILES string of the molecule is [2H]C[C@]12CO[C@@H](C1OP(OCCC#N)N(C(C)C)C(C)C)[C@H](n1cc(C)c(=O)[nH]c1=O)O2. The molecule has 0 aliphatic carbocycles. The van der Waals surface area contributed by atoms with Crippen molar-refractivity contribution in [1.29, 1.82) is 5.26 Å². The van der Waals surface area contributed by atoms with E-state index in [-0.39, 0.29) is 38.6 Å². The molecule has 3 heterocycles. The van der Waals surface area contributed by atoms with Gasteiger partial charge in [-0.1, -0.05) is 0 Å². The molecular formula is C20H31N4O6P. The summed E-state index contributed by atoms with van der Waals surface area (Å²) in [6, 6.07) is 2.29. The highest BCUT2D eigenvalue weighted by atomic mass is 31.2. The van der Waals surface area contributed by atoms with Crippen LogP contribution in [-0.2, 0) is 18.5 Å². The second kappa shape index (κ2) is 9.49. The number of ether oxygens (including phenoxy) is 2. The molecule has 5 atom stereocenters. The fourth-order valence-corrected chi connectivity index (χ4v) is 5.70. The highest BCUT2D eigenvalue weighted by molar-refractivity contribution is 7.44. The average Bonchev–Trinajstić information content (AvgIpc) is 3.22. The Bertz CT molecular complexity index is 955. The summed E-state index contributed by atoms with van der Waals surface area (Å²) in [5, 5.41) is 8.92. The van der Waals surface area contributed by atoms with Gasteiger partial charge in [0.2, 0.25) is 0 Å². The van der Waals surface area contributed by atoms with Crippen molar-refractivity contribution in [1.82, 2.24) is 14.2 Å². The van der Waals surface area contributed by atoms with Gasteiger partial charge in [0.1, 0.15) is 17.8 Å². The fourth-order valence-electron chi connectivity index (χ4n) is 3.88. The summed E-state index contributed by atoms with van der Waals surface area (Å²) < 4.78 is 36.1. The minimum atomic E-state index is -1.59. The summed E-state index contributed by atoms with van der Waals surface area (Å²) in [6.07, 6.45) is -0.493. The smallest absolute Gasteiger partial charge is 0.330 e. The first kappa shape index (κ1) is 22.6. The molecule has 2 aliphatic heterocycles. The van der Waals surface area contributed by atoms with E-state index >= 15 is 0 Å². The number of aryl methyl sites for hydroxylation is 1. The number of aromatic nitrogens is 2. The number of rotatable bonds is 9. The maximum Gasteiger partial charge on any atom is 0.330 e. The third kappa shape index (κ3) is 4.77. The standard InChI is InChI=1S/C20H31N4O6P/c1-12(2)24(13(3)4)31(28-9-7-8-21)30-16-15-18(29-20(16,6)11-27-15)23-10-14(5)17(25)22-19(23)26/h10,12-13,15-16,18H,7,9,11H2,1-6H3,(H,22,25,26)/t15-,16?,18+,20-,31?/m0/s1/i6D. The molecule has 2 aliphatic rings. The van der Waals surface area contributed by atoms with Crippen LogP contribution < -0.4 is 11.2 Å². The van der Waals surface area contributed by atoms with Gasteiger partial charge in [-0.2, -0.15) is 5.26 Å². The molecule has 31 heavy (non-hydrogen) atoms. The zero-order valence-electron chi connectivity index (χ0n) is 19.5. The average molecular weight is 455 g/mol. The Morgan fingerprint density at radius 1 is 1.45 bits per heavy atom. The lowest BCUT2D eigenvalue weighted by Gasteiger charge is -2.38. The molecule has 0 radical (unpaired) electrons. The normalized spacial score (nSPS) is 29.0. The van der Waals surface area contributed by atoms with E-state index in [0.29, 0.717) is 5.56 Å². The van der Waals surface area contributed by atoms with Crippen LogP contribution in [-0.4, -0.2) is 57.3 Å². The number of hydrogen-bond donors (Lipinski definition) is 1. The number of H-pyrrole nitrogens is 1. The minimum Gasteiger partial charge on any atom is -0.368 e. The fraction of sp³-hybridized carbons (Fsp3) is 0.750. The van der Waals surface area contributed by atoms with Crippen LogP contribution in [0, 0.1) is 18.3 Å². The monoisotopic (exact) mass is 455 g/mol. The predicted octanol–water partition coefficient (Wildman–Crippen LogP) is 2.19. The number of nitriles is 1. The first-order valence-corrected chi connectivity index (χ1v) is 11.4. The third-order valence-electron chi connectivity index (χ3n) is 5.26. The number of nitrogens with one attached hydrogen (secondary N) is 1. The van der Waals surface area contributed by atoms with Gasteiger partial charge in [-0.15, -0.1) is 0 Å². The first-order valence-electron chi connectivity index (χ1n) is 11.0. The van der Waals surface area contributed by atoms with Crippen molar-refractivity contribution in [2.24, 2.45) is 0 Å². The van der Waals surface area contributed by atoms with Gasteiger partial charge in [0.05, 0.1) is 25.7 Å². The van der Waals surface area contributed by atoms with E-state index in [1.165, 1.54) is 10.8 Å². The lowest BCUT2D eigenvalue weighted by molar-refractivity contribution is -0.167. The molecule has 0 spiro atoms. The maximum absolute atomic E-state index is 12.5. The van der Waals surface area contributed by atoms with Gasteiger partial charge in [0, 0.05) is 25.2 Å². The highest BCUT2D eigenvalue weighted by Crippen LogP contribution is 2.54. The van der Waals surface area contributed by atoms with Gasteiger partial charge < -0.3 is 18.5 Å². The number of aromatic amines is 1. The lowest BCUT2D eigenvalue weighted by Crippen LogP contribution is -2.41. The van der Waals surface area contributed by atoms with Crippen molar-refractivity contribution in [2.45, 2.75) is 84.1 Å². The second-order valence-electron chi connectivity index (χ2n) is 8.40. The van der Waals surface area contributed by atoms with Crippen LogP contribution in [0.3, 0.4) is 0 Å². The van der Waals surface area contributed by atoms with Crippen LogP contribution in [0.15, 0.2) is 15.8 Å². The Morgan fingerprint density at radius 3 is 2.77 bits per heavy atom. The van der Waals surface area contributed by atoms with Crippen molar-refractivity contribution >= 4 is 8.53 Å². The summed E-state index contributed by atoms with van der Waals surface area (Å²) in [4.78, 5) is 26.5. The summed E-state index contributed by atoms with van der Waals surface area (Å²) >= 11 is 0. The molecule has 0 saturated carbocycles. The van der Waals surface area contributed by atoms with E-state index in [9.17, 15) is 9.59 Å². The summed E-state index contributed by atoms with van der Waals surface area (Å²) in [5.41, 5.74) is -1.78. The van der Waals surface area contributed by atoms with Gasteiger partial charge in [-0.25, -0.2) is 9.46 Å². The third-order valence-corrected chi connectivity index (χ3v) is 7.37. The van der Waals surface area contributed by atoms with Crippen LogP contribution in [0.25, 0.3) is 0 Å². The Labute approximate surface area is 184 Å². The van der Waals surface area contributed by atoms with E-state index < -0.39 is 43.8 Å². The molecule has 11 heteroatoms. The summed E-state index contributed by atoms with van der Waals surface area (Å²) in [7, 11) is -1.59. The Morgan fingerprint density at radius 2 is 2.16 bits per heavy atom. The van der Waals surface area contributed by atoms with Crippen molar-refractivity contribution in [3.8, 4) is 6.07 Å². The van der Waals surface area contributed by atoms with Gasteiger partial charge in [0.25, 0.3) is 14.1 Å². The quantitative estimate of drug-likeness (QED) is 0.445. The Balaban J connectivity index is 1.93. The van der Waals surface area contributed by atoms with Crippen molar-refractivity contribution in [3.63, 3.8) is 0 Å². The van der Waals surface area contributed by atoms with E-state index in [1.54, 1.807) is 6.92 Å². The molecule has 1 aromatic heterocycles. The second-order valence-corrected chi connectivity index (χ2v) is 9.81. The number of hydrogen-bond acceptors (Lipinski definition) is 8. The molecule has 3 rings (SSSR count). The van der Waals surface area contributed by atoms with Crippen LogP contribution in [0.2, 0.25) is 0 Å². The zero-order valence-corrected chi connectivity index (χ0v) is 19.4. The minimum absolute atomic E-state index is 0.108. The van der Waals surface area contributed by atoms with E-state index in [4.69, 9.17) is 25.2 Å². The first-order chi connectivity index (χ1) is 15.1. The molecule has 172 valence electrons. The number of fused-ring (bicyclic) bond motifs is 2. The Hall–Kier alpha value is -1.60. The summed E-state index contributed by atoms with van der Waals surface area (Å²) in [6.45, 7) is 9.98. The summed E-state index contributed by atoms with van der Waals surface area (Å²) in [5.74, 6) is 0. The van der Waals surface area contributed by atoms with Gasteiger partial charge in [-0.05, 0) is 41.5 Å². The molecule has 0 aromatic carbocycles. The molecule has 2 bridgehead atoms. The molecule has 2 saturated heterocycles. The molecule has 1 aromatic rings. The van der Waals surface area contributed by atoms with Gasteiger partial charge >= 0.3 is 5.69 Å². The number of nitrogens with zero attached hydrogens (tertiary/aromatic N) is 3. The van der Waals surface area contributed by atoms with Crippen molar-refractivity contribution in [3.05, 3.63) is 32.6 Å². The molecule has 10 nitrogen and oxygen atoms in total. The molecule has 2 unspecified atom stereocenters. The highest BCUT2D eigenvalue weighted by Gasteiger charge is 2.62. The van der Waals surface area contributed by atoms with Crippen molar-refractivity contribution < 1.29 is 19.9 Å². The molecule has 2 fully saturated rings. The van der Waals surface area contributed by atoms with Crippen LogP contribution in [0.1, 0.15) is 54.2 Å². The van der Waals surface area contributed by atoms with Crippen LogP contribution in [0.4, 0.5) is 0 Å². The van der Waals surface area contributed by atoms with Crippen LogP contribution >= 0.6 is 8.53 Å². The maximum atomic E-state index is 12.5. The van der Waals surface area contributed by atoms with E-state index in [0.717, 1.165) is 0 Å². The zero-order chi connectivity index (χ0) is 23.6. The topological polar surface area (TPSA) is 119 Å². The molecule has 0 amide bonds. The molecular weight excluding hydrogens is 423 g/mol. The van der Waals surface area contributed by atoms with Gasteiger partial charge in [0.15, 0.2) is 6.23 Å². The van der Waals surface area contributed by atoms with Crippen molar-refractivity contribution in [2.75, 3.05) is 13.2 Å². The van der Waals surface area contributed by atoms with E-state index in [2.05, 4.69) is 15.7 Å². The lowest BCUT2D eigenvalue weighted by atomic mass is 10.0. The Kier molecular flexibility index (Phi) is 6.92. The van der Waals surface area contributed by atoms with Gasteiger partial charge in [-0.3, -0.25) is 14.3 Å².